The number of carbonyl (C=O) groups excluding carboxylic acids is 2. The second-order valence-corrected chi connectivity index (χ2v) is 7.36. The van der Waals surface area contributed by atoms with Crippen molar-refractivity contribution in [1.82, 2.24) is 14.8 Å². The zero-order valence-electron chi connectivity index (χ0n) is 16.3. The molecule has 0 bridgehead atoms. The molecule has 0 saturated carbocycles. The number of hydrogen-bond acceptors (Lipinski definition) is 4. The van der Waals surface area contributed by atoms with Crippen molar-refractivity contribution >= 4 is 22.7 Å². The number of piperazine rings is 1. The van der Waals surface area contributed by atoms with E-state index in [1.54, 1.807) is 21.9 Å². The summed E-state index contributed by atoms with van der Waals surface area (Å²) < 4.78 is 5.15. The monoisotopic (exact) mass is 393 g/mol. The maximum atomic E-state index is 12.6. The number of aryl methyl sites for hydroxylation is 2. The van der Waals surface area contributed by atoms with Gasteiger partial charge in [0.05, 0.1) is 6.26 Å². The minimum Gasteiger partial charge on any atom is -0.459 e. The van der Waals surface area contributed by atoms with Crippen molar-refractivity contribution in [2.45, 2.75) is 19.8 Å². The Hall–Kier alpha value is -3.35. The highest BCUT2D eigenvalue weighted by molar-refractivity contribution is 5.91. The number of H-pyrrole nitrogens is 1. The van der Waals surface area contributed by atoms with E-state index in [1.807, 2.05) is 31.2 Å². The van der Waals surface area contributed by atoms with Gasteiger partial charge in [-0.3, -0.25) is 14.4 Å². The minimum atomic E-state index is -0.153. The third kappa shape index (κ3) is 4.08. The predicted molar refractivity (Wildman–Crippen MR) is 109 cm³/mol. The van der Waals surface area contributed by atoms with E-state index in [2.05, 4.69) is 4.98 Å². The summed E-state index contributed by atoms with van der Waals surface area (Å²) in [7, 11) is 0. The highest BCUT2D eigenvalue weighted by Gasteiger charge is 2.25. The van der Waals surface area contributed by atoms with Gasteiger partial charge in [0.15, 0.2) is 5.76 Å². The first kappa shape index (κ1) is 19.0. The number of nitrogens with one attached hydrogen (secondary N) is 1. The van der Waals surface area contributed by atoms with Crippen molar-refractivity contribution in [3.8, 4) is 0 Å². The van der Waals surface area contributed by atoms with Crippen LogP contribution in [0.1, 0.15) is 28.1 Å². The Morgan fingerprint density at radius 2 is 1.83 bits per heavy atom. The van der Waals surface area contributed by atoms with Crippen molar-refractivity contribution in [1.29, 1.82) is 0 Å². The lowest BCUT2D eigenvalue weighted by molar-refractivity contribution is -0.132. The van der Waals surface area contributed by atoms with Crippen molar-refractivity contribution in [3.63, 3.8) is 0 Å². The van der Waals surface area contributed by atoms with E-state index in [9.17, 15) is 14.4 Å². The number of carbonyl (C=O) groups is 2. The smallest absolute Gasteiger partial charge is 0.289 e. The molecule has 1 aliphatic rings. The van der Waals surface area contributed by atoms with E-state index in [4.69, 9.17) is 4.42 Å². The summed E-state index contributed by atoms with van der Waals surface area (Å²) in [5.41, 5.74) is 2.36. The zero-order valence-corrected chi connectivity index (χ0v) is 16.3. The molecule has 0 aliphatic carbocycles. The van der Waals surface area contributed by atoms with E-state index in [0.29, 0.717) is 43.9 Å². The van der Waals surface area contributed by atoms with Gasteiger partial charge < -0.3 is 19.2 Å². The molecule has 0 unspecified atom stereocenters. The average molecular weight is 393 g/mol. The third-order valence-corrected chi connectivity index (χ3v) is 5.34. The number of furan rings is 1. The first-order valence-electron chi connectivity index (χ1n) is 9.74. The molecule has 0 spiro atoms. The highest BCUT2D eigenvalue weighted by Crippen LogP contribution is 2.15. The van der Waals surface area contributed by atoms with Gasteiger partial charge in [0.2, 0.25) is 5.91 Å². The SMILES string of the molecule is Cc1ccc2cc(CCC(=O)N3CCN(C(=O)c4ccco4)CC3)c(=O)[nH]c2c1. The average Bonchev–Trinajstić information content (AvgIpc) is 3.26. The number of nitrogens with zero attached hydrogens (tertiary/aromatic N) is 2. The summed E-state index contributed by atoms with van der Waals surface area (Å²) in [5, 5.41) is 0.961. The first-order chi connectivity index (χ1) is 14.0. The van der Waals surface area contributed by atoms with E-state index < -0.39 is 0 Å². The zero-order chi connectivity index (χ0) is 20.4. The van der Waals surface area contributed by atoms with Gasteiger partial charge in [0.25, 0.3) is 11.5 Å². The molecule has 3 aromatic rings. The highest BCUT2D eigenvalue weighted by atomic mass is 16.3. The Labute approximate surface area is 167 Å². The molecule has 1 saturated heterocycles. The Balaban J connectivity index is 1.34. The van der Waals surface area contributed by atoms with Crippen LogP contribution < -0.4 is 5.56 Å². The molecule has 1 N–H and O–H groups in total. The van der Waals surface area contributed by atoms with E-state index in [1.165, 1.54) is 6.26 Å². The Morgan fingerprint density at radius 1 is 1.07 bits per heavy atom. The lowest BCUT2D eigenvalue weighted by atomic mass is 10.1. The quantitative estimate of drug-likeness (QED) is 0.737. The van der Waals surface area contributed by atoms with Crippen molar-refractivity contribution < 1.29 is 14.0 Å². The number of aromatic amines is 1. The fourth-order valence-corrected chi connectivity index (χ4v) is 3.66. The standard InChI is InChI=1S/C22H23N3O4/c1-15-4-5-16-14-17(21(27)23-18(16)13-15)6-7-20(26)24-8-10-25(11-9-24)22(28)19-3-2-12-29-19/h2-5,12-14H,6-11H2,1H3,(H,23,27). The Kier molecular flexibility index (Phi) is 5.20. The van der Waals surface area contributed by atoms with Crippen LogP contribution in [-0.2, 0) is 11.2 Å². The largest absolute Gasteiger partial charge is 0.459 e. The summed E-state index contributed by atoms with van der Waals surface area (Å²) in [5.74, 6) is 0.161. The van der Waals surface area contributed by atoms with Crippen molar-refractivity contribution in [2.75, 3.05) is 26.2 Å². The molecule has 0 radical (unpaired) electrons. The van der Waals surface area contributed by atoms with Crippen LogP contribution in [0.2, 0.25) is 0 Å². The maximum Gasteiger partial charge on any atom is 0.289 e. The van der Waals surface area contributed by atoms with Crippen LogP contribution in [0, 0.1) is 6.92 Å². The van der Waals surface area contributed by atoms with E-state index in [0.717, 1.165) is 16.5 Å². The van der Waals surface area contributed by atoms with E-state index in [-0.39, 0.29) is 23.8 Å². The lowest BCUT2D eigenvalue weighted by Crippen LogP contribution is -2.50. The predicted octanol–water partition coefficient (Wildman–Crippen LogP) is 2.35. The van der Waals surface area contributed by atoms with Gasteiger partial charge >= 0.3 is 0 Å². The molecular formula is C22H23N3O4. The van der Waals surface area contributed by atoms with Gasteiger partial charge in [0.1, 0.15) is 0 Å². The fraction of sp³-hybridized carbons (Fsp3) is 0.318. The molecule has 7 nitrogen and oxygen atoms in total. The second kappa shape index (κ2) is 7.95. The number of pyridine rings is 1. The molecule has 29 heavy (non-hydrogen) atoms. The number of hydrogen-bond donors (Lipinski definition) is 1. The van der Waals surface area contributed by atoms with Gasteiger partial charge in [-0.25, -0.2) is 0 Å². The van der Waals surface area contributed by atoms with Crippen LogP contribution in [0.4, 0.5) is 0 Å². The topological polar surface area (TPSA) is 86.6 Å². The van der Waals surface area contributed by atoms with Gasteiger partial charge in [-0.05, 0) is 48.6 Å². The van der Waals surface area contributed by atoms with Crippen LogP contribution >= 0.6 is 0 Å². The van der Waals surface area contributed by atoms with Gasteiger partial charge in [0, 0.05) is 43.7 Å². The third-order valence-electron chi connectivity index (χ3n) is 5.34. The molecule has 7 heteroatoms. The van der Waals surface area contributed by atoms with Crippen LogP contribution in [0.3, 0.4) is 0 Å². The molecule has 1 aliphatic heterocycles. The summed E-state index contributed by atoms with van der Waals surface area (Å²) in [4.78, 5) is 43.6. The fourth-order valence-electron chi connectivity index (χ4n) is 3.66. The Morgan fingerprint density at radius 3 is 2.55 bits per heavy atom. The van der Waals surface area contributed by atoms with Crippen LogP contribution in [0.25, 0.3) is 10.9 Å². The van der Waals surface area contributed by atoms with Crippen LogP contribution in [-0.4, -0.2) is 52.8 Å². The number of aromatic nitrogens is 1. The summed E-state index contributed by atoms with van der Waals surface area (Å²) in [6.45, 7) is 3.89. The number of benzene rings is 1. The maximum absolute atomic E-state index is 12.6. The lowest BCUT2D eigenvalue weighted by Gasteiger charge is -2.34. The molecule has 3 heterocycles. The van der Waals surface area contributed by atoms with Crippen molar-refractivity contribution in [2.24, 2.45) is 0 Å². The number of rotatable bonds is 4. The summed E-state index contributed by atoms with van der Waals surface area (Å²) in [6, 6.07) is 11.1. The summed E-state index contributed by atoms with van der Waals surface area (Å²) >= 11 is 0. The second-order valence-electron chi connectivity index (χ2n) is 7.36. The van der Waals surface area contributed by atoms with E-state index >= 15 is 0 Å². The van der Waals surface area contributed by atoms with Gasteiger partial charge in [-0.15, -0.1) is 0 Å². The van der Waals surface area contributed by atoms with Crippen molar-refractivity contribution in [3.05, 3.63) is 69.9 Å². The van der Waals surface area contributed by atoms with Crippen LogP contribution in [0.5, 0.6) is 0 Å². The molecular weight excluding hydrogens is 370 g/mol. The molecule has 2 amide bonds. The van der Waals surface area contributed by atoms with Gasteiger partial charge in [-0.1, -0.05) is 12.1 Å². The number of fused-ring (bicyclic) bond motifs is 1. The molecule has 150 valence electrons. The molecule has 4 rings (SSSR count). The molecule has 2 aromatic heterocycles. The minimum absolute atomic E-state index is 0.00139. The molecule has 1 fully saturated rings. The number of amides is 2. The first-order valence-corrected chi connectivity index (χ1v) is 9.74. The molecule has 0 atom stereocenters. The Bertz CT molecular complexity index is 1090. The summed E-state index contributed by atoms with van der Waals surface area (Å²) in [6.07, 6.45) is 2.14. The normalized spacial score (nSPS) is 14.4. The van der Waals surface area contributed by atoms with Gasteiger partial charge in [-0.2, -0.15) is 0 Å². The molecule has 1 aromatic carbocycles. The van der Waals surface area contributed by atoms with Crippen LogP contribution in [0.15, 0.2) is 51.9 Å².